The minimum absolute atomic E-state index is 0.362. The summed E-state index contributed by atoms with van der Waals surface area (Å²) < 4.78 is 5.14. The first-order valence-corrected chi connectivity index (χ1v) is 4.81. The molecule has 4 heteroatoms. The number of halogens is 2. The fourth-order valence-electron chi connectivity index (χ4n) is 0.0530. The van der Waals surface area contributed by atoms with Crippen molar-refractivity contribution in [3.63, 3.8) is 0 Å². The monoisotopic (exact) mass is 298 g/mol. The molecule has 5 heavy (non-hydrogen) atoms. The molecule has 1 rings (SSSR count). The average molecular weight is 298 g/mol. The van der Waals surface area contributed by atoms with Gasteiger partial charge in [-0.25, -0.2) is 0 Å². The van der Waals surface area contributed by atoms with E-state index in [0.717, 1.165) is 0 Å². The molecule has 0 saturated carbocycles. The van der Waals surface area contributed by atoms with Crippen LogP contribution in [0, 0.1) is 0 Å². The Bertz CT molecular complexity index is 54.7. The molecule has 0 atom stereocenters. The molecule has 1 heterocycles. The maximum atomic E-state index is 9.87. The molecule has 1 fully saturated rings. The average Bonchev–Trinajstić information content (AvgIpc) is 1.30. The third kappa shape index (κ3) is 0.967. The maximum absolute atomic E-state index is 9.87. The van der Waals surface area contributed by atoms with Gasteiger partial charge in [0.1, 0.15) is 0 Å². The van der Waals surface area contributed by atoms with Crippen LogP contribution in [0.4, 0.5) is 4.79 Å². The van der Waals surface area contributed by atoms with E-state index in [2.05, 4.69) is 0 Å². The molecule has 0 amide bonds. The second-order valence-electron chi connectivity index (χ2n) is 0.438. The van der Waals surface area contributed by atoms with E-state index >= 15 is 0 Å². The van der Waals surface area contributed by atoms with Crippen LogP contribution < -0.4 is 43.2 Å². The van der Waals surface area contributed by atoms with E-state index in [1.165, 1.54) is 0 Å². The Kier molecular flexibility index (Phi) is 1.44. The van der Waals surface area contributed by atoms with E-state index in [-0.39, 0.29) is 43.2 Å². The number of rotatable bonds is 0. The van der Waals surface area contributed by atoms with Crippen LogP contribution in [0.25, 0.3) is 0 Å². The fourth-order valence-corrected chi connectivity index (χ4v) is 2.38. The summed E-state index contributed by atoms with van der Waals surface area (Å²) in [5.74, 6) is 0. The predicted molar refractivity (Wildman–Crippen MR) is 6.48 cm³/mol. The predicted octanol–water partition coefficient (Wildman–Crippen LogP) is -5.86. The standard InChI is InChI=1S/CI2O2/c4-1-2-5-3-1/q-2. The Labute approximate surface area is 50.9 Å². The van der Waals surface area contributed by atoms with Crippen molar-refractivity contribution in [2.45, 2.75) is 0 Å². The van der Waals surface area contributed by atoms with E-state index < -0.39 is 0 Å². The zero-order valence-electron chi connectivity index (χ0n) is 2.07. The summed E-state index contributed by atoms with van der Waals surface area (Å²) >= 11 is -0.723. The molecule has 0 N–H and O–H groups in total. The second-order valence-corrected chi connectivity index (χ2v) is 7.91. The number of carbonyl (C=O) groups excluding carboxylic acids is 1. The molecule has 0 bridgehead atoms. The molecule has 0 spiro atoms. The normalized spacial score (nSPS) is 25.2. The van der Waals surface area contributed by atoms with Crippen molar-refractivity contribution < 1.29 is 49.4 Å². The van der Waals surface area contributed by atoms with E-state index in [4.69, 9.17) is 1.40 Å². The molecular formula is CI2O2-2. The van der Waals surface area contributed by atoms with Crippen molar-refractivity contribution >= 4 is 1.80 Å². The second kappa shape index (κ2) is 1.69. The summed E-state index contributed by atoms with van der Waals surface area (Å²) in [7, 11) is 0. The molecule has 1 saturated heterocycles. The summed E-state index contributed by atoms with van der Waals surface area (Å²) in [6.45, 7) is 0. The molecule has 1 aliphatic rings. The van der Waals surface area contributed by atoms with Gasteiger partial charge in [0.2, 0.25) is 0 Å². The van der Waals surface area contributed by atoms with Gasteiger partial charge in [0.15, 0.2) is 0 Å². The molecule has 0 aromatic rings. The quantitative estimate of drug-likeness (QED) is 0.329. The van der Waals surface area contributed by atoms with Gasteiger partial charge in [-0.3, -0.25) is 0 Å². The summed E-state index contributed by atoms with van der Waals surface area (Å²) in [5, 5.41) is 0. The zero-order chi connectivity index (χ0) is 3.70. The van der Waals surface area contributed by atoms with E-state index in [9.17, 15) is 4.79 Å². The first-order chi connectivity index (χ1) is 2.39. The van der Waals surface area contributed by atoms with Crippen molar-refractivity contribution in [2.75, 3.05) is 0 Å². The Balaban J connectivity index is 2.32. The zero-order valence-corrected chi connectivity index (χ0v) is 6.39. The van der Waals surface area contributed by atoms with E-state index in [0.29, 0.717) is 1.80 Å². The van der Waals surface area contributed by atoms with Crippen molar-refractivity contribution in [1.82, 2.24) is 0 Å². The SMILES string of the molecule is O=C1[I-]O[I-]1. The Hall–Kier alpha value is 1.09. The molecule has 0 radical (unpaired) electrons. The number of carbonyl (C=O) groups is 1. The van der Waals surface area contributed by atoms with Crippen molar-refractivity contribution in [1.29, 1.82) is 0 Å². The van der Waals surface area contributed by atoms with Gasteiger partial charge in [0.25, 0.3) is 0 Å². The fraction of sp³-hybridized carbons (Fsp3) is 0. The minimum atomic E-state index is -0.362. The molecule has 1 aliphatic heterocycles. The first-order valence-electron chi connectivity index (χ1n) is 0.891. The van der Waals surface area contributed by atoms with Gasteiger partial charge in [-0.15, -0.1) is 0 Å². The molecule has 2 nitrogen and oxygen atoms in total. The van der Waals surface area contributed by atoms with Crippen molar-refractivity contribution in [3.05, 3.63) is 0 Å². The van der Waals surface area contributed by atoms with Crippen LogP contribution in [0.15, 0.2) is 0 Å². The van der Waals surface area contributed by atoms with Gasteiger partial charge in [0.05, 0.1) is 0 Å². The van der Waals surface area contributed by atoms with E-state index in [1.54, 1.807) is 0 Å². The van der Waals surface area contributed by atoms with Crippen LogP contribution >= 0.6 is 0 Å². The van der Waals surface area contributed by atoms with Gasteiger partial charge in [-0.1, -0.05) is 0 Å². The van der Waals surface area contributed by atoms with Crippen LogP contribution in [-0.4, -0.2) is 1.80 Å². The Morgan fingerprint density at radius 3 is 2.00 bits per heavy atom. The molecule has 32 valence electrons. The molecule has 0 aromatic carbocycles. The van der Waals surface area contributed by atoms with Crippen LogP contribution in [0.5, 0.6) is 0 Å². The Morgan fingerprint density at radius 2 is 2.00 bits per heavy atom. The number of hydrogen-bond donors (Lipinski definition) is 0. The van der Waals surface area contributed by atoms with Gasteiger partial charge >= 0.3 is 51.2 Å². The van der Waals surface area contributed by atoms with Crippen LogP contribution in [0.3, 0.4) is 0 Å². The van der Waals surface area contributed by atoms with Gasteiger partial charge in [-0.05, 0) is 0 Å². The van der Waals surface area contributed by atoms with Crippen LogP contribution in [0.1, 0.15) is 0 Å². The Morgan fingerprint density at radius 1 is 1.60 bits per heavy atom. The summed E-state index contributed by atoms with van der Waals surface area (Å²) in [5.41, 5.74) is 0. The summed E-state index contributed by atoms with van der Waals surface area (Å²) in [6.07, 6.45) is 0. The van der Waals surface area contributed by atoms with Crippen LogP contribution in [0.2, 0.25) is 0 Å². The van der Waals surface area contributed by atoms with Crippen molar-refractivity contribution in [2.24, 2.45) is 0 Å². The molecular weight excluding hydrogens is 298 g/mol. The number of hydrogen-bond acceptors (Lipinski definition) is 2. The van der Waals surface area contributed by atoms with Gasteiger partial charge < -0.3 is 0 Å². The van der Waals surface area contributed by atoms with Gasteiger partial charge in [0, 0.05) is 0 Å². The first kappa shape index (κ1) is 4.25. The molecule has 0 aromatic heterocycles. The summed E-state index contributed by atoms with van der Waals surface area (Å²) in [6, 6.07) is 0. The molecule has 0 aliphatic carbocycles. The van der Waals surface area contributed by atoms with Gasteiger partial charge in [-0.2, -0.15) is 0 Å². The van der Waals surface area contributed by atoms with E-state index in [1.807, 2.05) is 0 Å². The third-order valence-electron chi connectivity index (χ3n) is 0.180. The topological polar surface area (TPSA) is 26.3 Å². The van der Waals surface area contributed by atoms with Crippen molar-refractivity contribution in [3.8, 4) is 0 Å². The summed E-state index contributed by atoms with van der Waals surface area (Å²) in [4.78, 5) is 9.87. The molecule has 0 unspecified atom stereocenters. The van der Waals surface area contributed by atoms with Crippen LogP contribution in [-0.2, 0) is 1.40 Å². The third-order valence-corrected chi connectivity index (χ3v) is 5.67.